The van der Waals surface area contributed by atoms with Crippen LogP contribution >= 0.6 is 0 Å². The number of nitrogens with zero attached hydrogens (tertiary/aromatic N) is 1. The maximum Gasteiger partial charge on any atom is 0.237 e. The summed E-state index contributed by atoms with van der Waals surface area (Å²) >= 11 is 0. The van der Waals surface area contributed by atoms with Gasteiger partial charge in [-0.05, 0) is 24.8 Å². The molecule has 0 radical (unpaired) electrons. The van der Waals surface area contributed by atoms with Gasteiger partial charge in [0.2, 0.25) is 11.8 Å². The molecule has 1 aliphatic carbocycles. The maximum absolute atomic E-state index is 11.7. The molecule has 1 rings (SSSR count). The van der Waals surface area contributed by atoms with Crippen LogP contribution in [0.25, 0.3) is 0 Å². The predicted molar refractivity (Wildman–Crippen MR) is 56.8 cm³/mol. The molecule has 0 heterocycles. The van der Waals surface area contributed by atoms with Crippen LogP contribution in [-0.2, 0) is 9.59 Å². The summed E-state index contributed by atoms with van der Waals surface area (Å²) in [6.07, 6.45) is 3.61. The molecule has 0 spiro atoms. The van der Waals surface area contributed by atoms with Crippen LogP contribution in [0.4, 0.5) is 0 Å². The summed E-state index contributed by atoms with van der Waals surface area (Å²) in [5, 5.41) is 0. The summed E-state index contributed by atoms with van der Waals surface area (Å²) in [4.78, 5) is 23.7. The van der Waals surface area contributed by atoms with Crippen molar-refractivity contribution in [3.63, 3.8) is 0 Å². The lowest BCUT2D eigenvalue weighted by molar-refractivity contribution is -0.137. The number of carbonyl (C=O) groups excluding carboxylic acids is 2. The highest BCUT2D eigenvalue weighted by molar-refractivity contribution is 5.83. The Morgan fingerprint density at radius 1 is 1.40 bits per heavy atom. The summed E-state index contributed by atoms with van der Waals surface area (Å²) < 4.78 is 0. The lowest BCUT2D eigenvalue weighted by Crippen LogP contribution is -2.44. The highest BCUT2D eigenvalue weighted by Crippen LogP contribution is 2.43. The number of amides is 2. The molecule has 86 valence electrons. The van der Waals surface area contributed by atoms with Gasteiger partial charge in [-0.25, -0.2) is 0 Å². The lowest BCUT2D eigenvalue weighted by atomic mass is 9.66. The minimum atomic E-state index is -0.485. The molecule has 4 N–H and O–H groups in total. The second-order valence-corrected chi connectivity index (χ2v) is 4.45. The Morgan fingerprint density at radius 2 is 2.00 bits per heavy atom. The zero-order valence-electron chi connectivity index (χ0n) is 9.16. The molecule has 2 amide bonds. The third-order valence-electron chi connectivity index (χ3n) is 3.19. The van der Waals surface area contributed by atoms with Gasteiger partial charge in [-0.3, -0.25) is 9.59 Å². The summed E-state index contributed by atoms with van der Waals surface area (Å²) in [6, 6.07) is 0. The first-order valence-electron chi connectivity index (χ1n) is 5.21. The molecule has 0 atom stereocenters. The van der Waals surface area contributed by atoms with Crippen LogP contribution in [0.1, 0.15) is 25.7 Å². The molecule has 15 heavy (non-hydrogen) atoms. The highest BCUT2D eigenvalue weighted by atomic mass is 16.2. The molecule has 1 fully saturated rings. The van der Waals surface area contributed by atoms with Crippen LogP contribution in [0.15, 0.2) is 0 Å². The predicted octanol–water partition coefficient (Wildman–Crippen LogP) is -0.551. The van der Waals surface area contributed by atoms with Crippen molar-refractivity contribution >= 4 is 11.8 Å². The number of likely N-dealkylation sites (N-methyl/N-ethyl adjacent to an activating group) is 1. The Hall–Kier alpha value is -1.10. The second kappa shape index (κ2) is 4.61. The van der Waals surface area contributed by atoms with Gasteiger partial charge in [-0.15, -0.1) is 0 Å². The summed E-state index contributed by atoms with van der Waals surface area (Å²) in [6.45, 7) is 0.530. The average Bonchev–Trinajstić information content (AvgIpc) is 2.09. The number of primary amides is 1. The Morgan fingerprint density at radius 3 is 2.33 bits per heavy atom. The van der Waals surface area contributed by atoms with Gasteiger partial charge in [0.25, 0.3) is 0 Å². The molecular formula is C10H19N3O2. The van der Waals surface area contributed by atoms with E-state index in [2.05, 4.69) is 0 Å². The van der Waals surface area contributed by atoms with E-state index in [1.165, 1.54) is 4.90 Å². The van der Waals surface area contributed by atoms with Gasteiger partial charge in [0.05, 0.1) is 6.54 Å². The van der Waals surface area contributed by atoms with Gasteiger partial charge in [0.15, 0.2) is 0 Å². The third-order valence-corrected chi connectivity index (χ3v) is 3.19. The molecule has 0 aromatic heterocycles. The highest BCUT2D eigenvalue weighted by Gasteiger charge is 2.38. The Bertz CT molecular complexity index is 256. The normalized spacial score (nSPS) is 18.0. The minimum absolute atomic E-state index is 0.0109. The van der Waals surface area contributed by atoms with Gasteiger partial charge in [-0.1, -0.05) is 6.42 Å². The quantitative estimate of drug-likeness (QED) is 0.642. The van der Waals surface area contributed by atoms with Crippen LogP contribution < -0.4 is 11.5 Å². The van der Waals surface area contributed by atoms with E-state index in [4.69, 9.17) is 11.5 Å². The van der Waals surface area contributed by atoms with Gasteiger partial charge in [0, 0.05) is 13.5 Å². The van der Waals surface area contributed by atoms with E-state index in [1.807, 2.05) is 0 Å². The number of carbonyl (C=O) groups is 2. The van der Waals surface area contributed by atoms with E-state index in [9.17, 15) is 9.59 Å². The fourth-order valence-corrected chi connectivity index (χ4v) is 1.91. The number of hydrogen-bond donors (Lipinski definition) is 2. The fourth-order valence-electron chi connectivity index (χ4n) is 1.91. The SMILES string of the molecule is CN(CC(N)=O)C(=O)CC1(CN)CCC1. The first-order chi connectivity index (χ1) is 6.99. The van der Waals surface area contributed by atoms with Crippen molar-refractivity contribution in [2.75, 3.05) is 20.1 Å². The molecular weight excluding hydrogens is 194 g/mol. The standard InChI is InChI=1S/C10H19N3O2/c1-13(6-8(12)14)9(15)5-10(7-11)3-2-4-10/h2-7,11H2,1H3,(H2,12,14). The number of rotatable bonds is 5. The lowest BCUT2D eigenvalue weighted by Gasteiger charge is -2.41. The first-order valence-corrected chi connectivity index (χ1v) is 5.21. The van der Waals surface area contributed by atoms with Crippen molar-refractivity contribution in [3.8, 4) is 0 Å². The molecule has 5 heteroatoms. The molecule has 0 bridgehead atoms. The summed E-state index contributed by atoms with van der Waals surface area (Å²) in [5.74, 6) is -0.528. The Labute approximate surface area is 89.8 Å². The van der Waals surface area contributed by atoms with E-state index in [0.717, 1.165) is 19.3 Å². The smallest absolute Gasteiger partial charge is 0.237 e. The van der Waals surface area contributed by atoms with Crippen molar-refractivity contribution < 1.29 is 9.59 Å². The van der Waals surface area contributed by atoms with Crippen LogP contribution in [0, 0.1) is 5.41 Å². The van der Waals surface area contributed by atoms with Gasteiger partial charge in [0.1, 0.15) is 0 Å². The van der Waals surface area contributed by atoms with E-state index in [-0.39, 0.29) is 17.9 Å². The molecule has 1 saturated carbocycles. The summed E-state index contributed by atoms with van der Waals surface area (Å²) in [5.41, 5.74) is 10.7. The third kappa shape index (κ3) is 2.92. The zero-order chi connectivity index (χ0) is 11.5. The van der Waals surface area contributed by atoms with Gasteiger partial charge in [-0.2, -0.15) is 0 Å². The van der Waals surface area contributed by atoms with E-state index >= 15 is 0 Å². The molecule has 0 aromatic carbocycles. The maximum atomic E-state index is 11.7. The van der Waals surface area contributed by atoms with Crippen LogP contribution in [0.3, 0.4) is 0 Å². The Balaban J connectivity index is 2.43. The average molecular weight is 213 g/mol. The summed E-state index contributed by atoms with van der Waals surface area (Å²) in [7, 11) is 1.59. The van der Waals surface area contributed by atoms with Crippen molar-refractivity contribution in [2.45, 2.75) is 25.7 Å². The van der Waals surface area contributed by atoms with Crippen molar-refractivity contribution in [2.24, 2.45) is 16.9 Å². The molecule has 0 unspecified atom stereocenters. The van der Waals surface area contributed by atoms with E-state index in [1.54, 1.807) is 7.05 Å². The monoisotopic (exact) mass is 213 g/mol. The van der Waals surface area contributed by atoms with E-state index in [0.29, 0.717) is 13.0 Å². The number of nitrogens with two attached hydrogens (primary N) is 2. The van der Waals surface area contributed by atoms with E-state index < -0.39 is 5.91 Å². The minimum Gasteiger partial charge on any atom is -0.368 e. The van der Waals surface area contributed by atoms with Crippen molar-refractivity contribution in [1.29, 1.82) is 0 Å². The Kier molecular flexibility index (Phi) is 3.68. The fraction of sp³-hybridized carbons (Fsp3) is 0.800. The number of hydrogen-bond acceptors (Lipinski definition) is 3. The van der Waals surface area contributed by atoms with Gasteiger partial charge >= 0.3 is 0 Å². The molecule has 5 nitrogen and oxygen atoms in total. The topological polar surface area (TPSA) is 89.4 Å². The molecule has 0 aliphatic heterocycles. The van der Waals surface area contributed by atoms with Crippen LogP contribution in [0.2, 0.25) is 0 Å². The zero-order valence-corrected chi connectivity index (χ0v) is 9.16. The molecule has 0 saturated heterocycles. The van der Waals surface area contributed by atoms with Crippen LogP contribution in [-0.4, -0.2) is 36.9 Å². The van der Waals surface area contributed by atoms with Crippen molar-refractivity contribution in [3.05, 3.63) is 0 Å². The molecule has 1 aliphatic rings. The second-order valence-electron chi connectivity index (χ2n) is 4.45. The first kappa shape index (κ1) is 12.0. The van der Waals surface area contributed by atoms with Crippen LogP contribution in [0.5, 0.6) is 0 Å². The van der Waals surface area contributed by atoms with Crippen molar-refractivity contribution in [1.82, 2.24) is 4.90 Å². The molecule has 0 aromatic rings. The largest absolute Gasteiger partial charge is 0.368 e. The van der Waals surface area contributed by atoms with Gasteiger partial charge < -0.3 is 16.4 Å².